The molecule has 3 aromatic heterocycles. The fraction of sp³-hybridized carbons (Fsp3) is 0.0625. The van der Waals surface area contributed by atoms with Crippen LogP contribution in [0.5, 0.6) is 0 Å². The van der Waals surface area contributed by atoms with Crippen molar-refractivity contribution in [1.29, 1.82) is 5.26 Å². The van der Waals surface area contributed by atoms with Gasteiger partial charge in [0, 0.05) is 11.6 Å². The SMILES string of the molecule is Cc1ccc2oc(-c3nnc4ccc(C#N)cn34)cc2c1. The van der Waals surface area contributed by atoms with Gasteiger partial charge in [-0.3, -0.25) is 4.40 Å². The summed E-state index contributed by atoms with van der Waals surface area (Å²) in [5.41, 5.74) is 3.22. The maximum absolute atomic E-state index is 9.01. The lowest BCUT2D eigenvalue weighted by Gasteiger charge is -1.96. The molecule has 4 rings (SSSR count). The maximum Gasteiger partial charge on any atom is 0.204 e. The zero-order valence-electron chi connectivity index (χ0n) is 11.2. The molecule has 0 bridgehead atoms. The third-order valence-corrected chi connectivity index (χ3v) is 3.42. The van der Waals surface area contributed by atoms with Crippen molar-refractivity contribution < 1.29 is 4.42 Å². The van der Waals surface area contributed by atoms with Crippen LogP contribution in [-0.4, -0.2) is 14.6 Å². The van der Waals surface area contributed by atoms with Gasteiger partial charge in [-0.1, -0.05) is 11.6 Å². The third-order valence-electron chi connectivity index (χ3n) is 3.42. The lowest BCUT2D eigenvalue weighted by Crippen LogP contribution is -1.89. The molecular weight excluding hydrogens is 264 g/mol. The zero-order valence-corrected chi connectivity index (χ0v) is 11.2. The van der Waals surface area contributed by atoms with Crippen molar-refractivity contribution in [3.05, 3.63) is 53.7 Å². The van der Waals surface area contributed by atoms with E-state index in [0.29, 0.717) is 22.8 Å². The summed E-state index contributed by atoms with van der Waals surface area (Å²) in [6.07, 6.45) is 1.71. The Kier molecular flexibility index (Phi) is 2.33. The predicted molar refractivity (Wildman–Crippen MR) is 77.6 cm³/mol. The second-order valence-electron chi connectivity index (χ2n) is 4.93. The number of pyridine rings is 1. The molecule has 0 saturated carbocycles. The van der Waals surface area contributed by atoms with Gasteiger partial charge in [0.15, 0.2) is 11.4 Å². The lowest BCUT2D eigenvalue weighted by molar-refractivity contribution is 0.624. The number of hydrogen-bond donors (Lipinski definition) is 0. The summed E-state index contributed by atoms with van der Waals surface area (Å²) in [4.78, 5) is 0. The number of benzene rings is 1. The van der Waals surface area contributed by atoms with Crippen LogP contribution >= 0.6 is 0 Å². The van der Waals surface area contributed by atoms with Crippen LogP contribution in [0.1, 0.15) is 11.1 Å². The van der Waals surface area contributed by atoms with Gasteiger partial charge >= 0.3 is 0 Å². The summed E-state index contributed by atoms with van der Waals surface area (Å²) in [5.74, 6) is 1.23. The Bertz CT molecular complexity index is 1020. The zero-order chi connectivity index (χ0) is 14.4. The molecule has 5 heteroatoms. The third kappa shape index (κ3) is 1.77. The highest BCUT2D eigenvalue weighted by atomic mass is 16.3. The van der Waals surface area contributed by atoms with Crippen LogP contribution in [0.3, 0.4) is 0 Å². The molecule has 0 radical (unpaired) electrons. The molecule has 21 heavy (non-hydrogen) atoms. The molecule has 0 aliphatic carbocycles. The highest BCUT2D eigenvalue weighted by Gasteiger charge is 2.13. The van der Waals surface area contributed by atoms with Gasteiger partial charge in [-0.2, -0.15) is 5.26 Å². The van der Waals surface area contributed by atoms with Gasteiger partial charge in [-0.05, 0) is 37.3 Å². The Morgan fingerprint density at radius 1 is 1.14 bits per heavy atom. The Labute approximate surface area is 120 Å². The quantitative estimate of drug-likeness (QED) is 0.534. The van der Waals surface area contributed by atoms with Crippen LogP contribution in [0.2, 0.25) is 0 Å². The number of nitrogens with zero attached hydrogens (tertiary/aromatic N) is 4. The van der Waals surface area contributed by atoms with Gasteiger partial charge in [-0.25, -0.2) is 0 Å². The van der Waals surface area contributed by atoms with E-state index in [9.17, 15) is 0 Å². The molecule has 3 heterocycles. The van der Waals surface area contributed by atoms with Gasteiger partial charge in [0.1, 0.15) is 11.7 Å². The van der Waals surface area contributed by atoms with E-state index in [1.807, 2.05) is 25.1 Å². The first kappa shape index (κ1) is 11.7. The predicted octanol–water partition coefficient (Wildman–Crippen LogP) is 3.32. The number of hydrogen-bond acceptors (Lipinski definition) is 4. The normalized spacial score (nSPS) is 11.0. The first-order valence-electron chi connectivity index (χ1n) is 6.50. The monoisotopic (exact) mass is 274 g/mol. The summed E-state index contributed by atoms with van der Waals surface area (Å²) in [6.45, 7) is 2.04. The Morgan fingerprint density at radius 2 is 2.05 bits per heavy atom. The fourth-order valence-corrected chi connectivity index (χ4v) is 2.40. The minimum atomic E-state index is 0.551. The minimum absolute atomic E-state index is 0.551. The van der Waals surface area contributed by atoms with Crippen molar-refractivity contribution in [3.63, 3.8) is 0 Å². The summed E-state index contributed by atoms with van der Waals surface area (Å²) >= 11 is 0. The second kappa shape index (κ2) is 4.18. The van der Waals surface area contributed by atoms with E-state index in [4.69, 9.17) is 9.68 Å². The van der Waals surface area contributed by atoms with Gasteiger partial charge in [0.2, 0.25) is 5.82 Å². The van der Waals surface area contributed by atoms with Crippen LogP contribution < -0.4 is 0 Å². The van der Waals surface area contributed by atoms with Crippen molar-refractivity contribution in [1.82, 2.24) is 14.6 Å². The molecule has 0 atom stereocenters. The topological polar surface area (TPSA) is 67.1 Å². The van der Waals surface area contributed by atoms with Gasteiger partial charge in [-0.15, -0.1) is 10.2 Å². The van der Waals surface area contributed by atoms with Crippen molar-refractivity contribution in [2.45, 2.75) is 6.92 Å². The summed E-state index contributed by atoms with van der Waals surface area (Å²) in [5, 5.41) is 18.3. The molecule has 0 spiro atoms. The fourth-order valence-electron chi connectivity index (χ4n) is 2.40. The van der Waals surface area contributed by atoms with E-state index < -0.39 is 0 Å². The van der Waals surface area contributed by atoms with Crippen LogP contribution in [0, 0.1) is 18.3 Å². The highest BCUT2D eigenvalue weighted by Crippen LogP contribution is 2.27. The van der Waals surface area contributed by atoms with E-state index in [1.54, 1.807) is 22.7 Å². The first-order valence-corrected chi connectivity index (χ1v) is 6.50. The molecule has 1 aromatic carbocycles. The molecule has 0 unspecified atom stereocenters. The second-order valence-corrected chi connectivity index (χ2v) is 4.93. The van der Waals surface area contributed by atoms with Crippen LogP contribution in [0.25, 0.3) is 28.2 Å². The van der Waals surface area contributed by atoms with E-state index >= 15 is 0 Å². The first-order chi connectivity index (χ1) is 10.2. The molecule has 100 valence electrons. The van der Waals surface area contributed by atoms with Gasteiger partial charge < -0.3 is 4.42 Å². The molecule has 0 fully saturated rings. The largest absolute Gasteiger partial charge is 0.453 e. The molecule has 0 N–H and O–H groups in total. The summed E-state index contributed by atoms with van der Waals surface area (Å²) < 4.78 is 7.61. The van der Waals surface area contributed by atoms with Crippen molar-refractivity contribution in [2.24, 2.45) is 0 Å². The van der Waals surface area contributed by atoms with E-state index in [-0.39, 0.29) is 0 Å². The Balaban J connectivity index is 1.97. The van der Waals surface area contributed by atoms with Gasteiger partial charge in [0.05, 0.1) is 5.56 Å². The summed E-state index contributed by atoms with van der Waals surface area (Å²) in [7, 11) is 0. The van der Waals surface area contributed by atoms with E-state index in [2.05, 4.69) is 22.3 Å². The maximum atomic E-state index is 9.01. The van der Waals surface area contributed by atoms with Crippen LogP contribution in [-0.2, 0) is 0 Å². The van der Waals surface area contributed by atoms with E-state index in [1.165, 1.54) is 5.56 Å². The van der Waals surface area contributed by atoms with E-state index in [0.717, 1.165) is 11.0 Å². The van der Waals surface area contributed by atoms with Crippen LogP contribution in [0.4, 0.5) is 0 Å². The lowest BCUT2D eigenvalue weighted by atomic mass is 10.2. The van der Waals surface area contributed by atoms with Crippen LogP contribution in [0.15, 0.2) is 47.0 Å². The molecule has 0 amide bonds. The number of aromatic nitrogens is 3. The van der Waals surface area contributed by atoms with Crippen molar-refractivity contribution in [3.8, 4) is 17.7 Å². The molecule has 0 saturated heterocycles. The molecular formula is C16H10N4O. The molecule has 5 nitrogen and oxygen atoms in total. The number of aryl methyl sites for hydroxylation is 1. The average molecular weight is 274 g/mol. The molecule has 0 aliphatic rings. The molecule has 4 aromatic rings. The van der Waals surface area contributed by atoms with Gasteiger partial charge in [0.25, 0.3) is 0 Å². The highest BCUT2D eigenvalue weighted by molar-refractivity contribution is 5.82. The standard InChI is InChI=1S/C16H10N4O/c1-10-2-4-13-12(6-10)7-14(21-13)16-19-18-15-5-3-11(8-17)9-20(15)16/h2-7,9H,1H3. The molecule has 0 aliphatic heterocycles. The minimum Gasteiger partial charge on any atom is -0.453 e. The number of rotatable bonds is 1. The Morgan fingerprint density at radius 3 is 2.90 bits per heavy atom. The average Bonchev–Trinajstić information content (AvgIpc) is 3.08. The van der Waals surface area contributed by atoms with Crippen molar-refractivity contribution in [2.75, 3.05) is 0 Å². The smallest absolute Gasteiger partial charge is 0.204 e. The number of nitriles is 1. The number of fused-ring (bicyclic) bond motifs is 2. The Hall–Kier alpha value is -3.13. The summed E-state index contributed by atoms with van der Waals surface area (Å²) in [6, 6.07) is 13.6. The number of furan rings is 1. The van der Waals surface area contributed by atoms with Crippen molar-refractivity contribution >= 4 is 16.6 Å².